The highest BCUT2D eigenvalue weighted by Crippen LogP contribution is 2.21. The largest absolute Gasteiger partial charge is 0.375 e. The molecule has 1 atom stereocenters. The van der Waals surface area contributed by atoms with Gasteiger partial charge in [-0.3, -0.25) is 4.79 Å². The van der Waals surface area contributed by atoms with Crippen LogP contribution < -0.4 is 0 Å². The lowest BCUT2D eigenvalue weighted by Crippen LogP contribution is -2.38. The lowest BCUT2D eigenvalue weighted by molar-refractivity contribution is -0.135. The number of ether oxygens (including phenoxy) is 1. The molecule has 0 bridgehead atoms. The normalized spacial score (nSPS) is 19.6. The van der Waals surface area contributed by atoms with Crippen molar-refractivity contribution in [3.05, 3.63) is 35.9 Å². The predicted octanol–water partition coefficient (Wildman–Crippen LogP) is 1.87. The Balaban J connectivity index is 1.98. The molecular weight excluding hydrogens is 214 g/mol. The van der Waals surface area contributed by atoms with Crippen LogP contribution in [0.4, 0.5) is 0 Å². The highest BCUT2D eigenvalue weighted by Gasteiger charge is 2.28. The molecule has 2 rings (SSSR count). The van der Waals surface area contributed by atoms with Gasteiger partial charge in [-0.05, 0) is 24.8 Å². The van der Waals surface area contributed by atoms with Gasteiger partial charge < -0.3 is 9.64 Å². The first-order valence-electron chi connectivity index (χ1n) is 6.13. The fourth-order valence-corrected chi connectivity index (χ4v) is 2.47. The molecule has 17 heavy (non-hydrogen) atoms. The molecule has 1 saturated heterocycles. The van der Waals surface area contributed by atoms with Gasteiger partial charge in [-0.15, -0.1) is 0 Å². The van der Waals surface area contributed by atoms with Crippen LogP contribution in [0, 0.1) is 0 Å². The molecule has 0 N–H and O–H groups in total. The fourth-order valence-electron chi connectivity index (χ4n) is 2.47. The van der Waals surface area contributed by atoms with Crippen molar-refractivity contribution >= 4 is 5.91 Å². The summed E-state index contributed by atoms with van der Waals surface area (Å²) in [4.78, 5) is 13.8. The SMILES string of the molecule is COCC(=O)N1CCCC1Cc1ccccc1. The monoisotopic (exact) mass is 233 g/mol. The Morgan fingerprint density at radius 3 is 2.88 bits per heavy atom. The molecule has 1 fully saturated rings. The third-order valence-electron chi connectivity index (χ3n) is 3.28. The van der Waals surface area contributed by atoms with Gasteiger partial charge in [0.15, 0.2) is 0 Å². The van der Waals surface area contributed by atoms with E-state index in [0.717, 1.165) is 25.8 Å². The number of rotatable bonds is 4. The molecule has 3 heteroatoms. The molecule has 1 aromatic carbocycles. The maximum atomic E-state index is 11.8. The summed E-state index contributed by atoms with van der Waals surface area (Å²) < 4.78 is 4.92. The van der Waals surface area contributed by atoms with Gasteiger partial charge >= 0.3 is 0 Å². The molecular formula is C14H19NO2. The molecule has 0 saturated carbocycles. The summed E-state index contributed by atoms with van der Waals surface area (Å²) in [6.07, 6.45) is 3.16. The van der Waals surface area contributed by atoms with Crippen molar-refractivity contribution in [2.75, 3.05) is 20.3 Å². The van der Waals surface area contributed by atoms with Crippen LogP contribution in [0.15, 0.2) is 30.3 Å². The van der Waals surface area contributed by atoms with Crippen molar-refractivity contribution in [2.24, 2.45) is 0 Å². The van der Waals surface area contributed by atoms with Crippen LogP contribution in [-0.4, -0.2) is 37.1 Å². The Labute approximate surface area is 102 Å². The average Bonchev–Trinajstić information content (AvgIpc) is 2.79. The lowest BCUT2D eigenvalue weighted by atomic mass is 10.0. The minimum Gasteiger partial charge on any atom is -0.375 e. The topological polar surface area (TPSA) is 29.5 Å². The maximum Gasteiger partial charge on any atom is 0.248 e. The second kappa shape index (κ2) is 5.82. The number of benzene rings is 1. The molecule has 0 aliphatic carbocycles. The van der Waals surface area contributed by atoms with Crippen molar-refractivity contribution in [3.8, 4) is 0 Å². The van der Waals surface area contributed by atoms with E-state index < -0.39 is 0 Å². The first-order valence-corrected chi connectivity index (χ1v) is 6.13. The van der Waals surface area contributed by atoms with E-state index in [1.54, 1.807) is 7.11 Å². The molecule has 3 nitrogen and oxygen atoms in total. The number of methoxy groups -OCH3 is 1. The molecule has 0 spiro atoms. The predicted molar refractivity (Wildman–Crippen MR) is 66.8 cm³/mol. The molecule has 0 aromatic heterocycles. The third-order valence-corrected chi connectivity index (χ3v) is 3.28. The number of likely N-dealkylation sites (tertiary alicyclic amines) is 1. The average molecular weight is 233 g/mol. The smallest absolute Gasteiger partial charge is 0.248 e. The van der Waals surface area contributed by atoms with Gasteiger partial charge in [-0.25, -0.2) is 0 Å². The van der Waals surface area contributed by atoms with Gasteiger partial charge in [0, 0.05) is 19.7 Å². The van der Waals surface area contributed by atoms with E-state index in [2.05, 4.69) is 12.1 Å². The van der Waals surface area contributed by atoms with Gasteiger partial charge in [0.2, 0.25) is 5.91 Å². The van der Waals surface area contributed by atoms with Crippen molar-refractivity contribution in [2.45, 2.75) is 25.3 Å². The number of nitrogens with zero attached hydrogens (tertiary/aromatic N) is 1. The summed E-state index contributed by atoms with van der Waals surface area (Å²) in [5.41, 5.74) is 1.30. The Morgan fingerprint density at radius 2 is 2.18 bits per heavy atom. The Bertz CT molecular complexity index is 364. The van der Waals surface area contributed by atoms with E-state index >= 15 is 0 Å². The summed E-state index contributed by atoms with van der Waals surface area (Å²) in [6.45, 7) is 1.07. The zero-order valence-electron chi connectivity index (χ0n) is 10.3. The Hall–Kier alpha value is -1.35. The third kappa shape index (κ3) is 3.07. The van der Waals surface area contributed by atoms with Crippen LogP contribution in [-0.2, 0) is 16.0 Å². The summed E-state index contributed by atoms with van der Waals surface area (Å²) >= 11 is 0. The summed E-state index contributed by atoms with van der Waals surface area (Å²) in [7, 11) is 1.57. The van der Waals surface area contributed by atoms with E-state index in [0.29, 0.717) is 6.04 Å². The molecule has 1 aliphatic heterocycles. The summed E-state index contributed by atoms with van der Waals surface area (Å²) in [6, 6.07) is 10.7. The molecule has 0 radical (unpaired) electrons. The first kappa shape index (κ1) is 12.1. The zero-order chi connectivity index (χ0) is 12.1. The molecule has 1 unspecified atom stereocenters. The molecule has 1 heterocycles. The summed E-state index contributed by atoms with van der Waals surface area (Å²) in [5.74, 6) is 0.117. The number of carbonyl (C=O) groups is 1. The lowest BCUT2D eigenvalue weighted by Gasteiger charge is -2.24. The van der Waals surface area contributed by atoms with E-state index in [4.69, 9.17) is 4.74 Å². The second-order valence-corrected chi connectivity index (χ2v) is 4.51. The van der Waals surface area contributed by atoms with E-state index in [1.165, 1.54) is 5.56 Å². The van der Waals surface area contributed by atoms with Crippen molar-refractivity contribution in [1.82, 2.24) is 4.90 Å². The Morgan fingerprint density at radius 1 is 1.41 bits per heavy atom. The minimum atomic E-state index is 0.117. The zero-order valence-corrected chi connectivity index (χ0v) is 10.3. The van der Waals surface area contributed by atoms with E-state index in [-0.39, 0.29) is 12.5 Å². The van der Waals surface area contributed by atoms with E-state index in [1.807, 2.05) is 23.1 Å². The van der Waals surface area contributed by atoms with Gasteiger partial charge in [0.1, 0.15) is 6.61 Å². The first-order chi connectivity index (χ1) is 8.31. The van der Waals surface area contributed by atoms with Crippen LogP contribution in [0.25, 0.3) is 0 Å². The van der Waals surface area contributed by atoms with Crippen molar-refractivity contribution in [3.63, 3.8) is 0 Å². The van der Waals surface area contributed by atoms with Crippen LogP contribution in [0.1, 0.15) is 18.4 Å². The molecule has 1 aliphatic rings. The number of carbonyl (C=O) groups excluding carboxylic acids is 1. The molecule has 1 aromatic rings. The maximum absolute atomic E-state index is 11.8. The quantitative estimate of drug-likeness (QED) is 0.794. The fraction of sp³-hybridized carbons (Fsp3) is 0.500. The molecule has 1 amide bonds. The standard InChI is InChI=1S/C14H19NO2/c1-17-11-14(16)15-9-5-8-13(15)10-12-6-3-2-4-7-12/h2-4,6-7,13H,5,8-11H2,1H3. The number of hydrogen-bond donors (Lipinski definition) is 0. The van der Waals surface area contributed by atoms with Gasteiger partial charge in [-0.2, -0.15) is 0 Å². The van der Waals surface area contributed by atoms with Crippen molar-refractivity contribution < 1.29 is 9.53 Å². The number of amides is 1. The van der Waals surface area contributed by atoms with Crippen molar-refractivity contribution in [1.29, 1.82) is 0 Å². The highest BCUT2D eigenvalue weighted by molar-refractivity contribution is 5.78. The van der Waals surface area contributed by atoms with Gasteiger partial charge in [-0.1, -0.05) is 30.3 Å². The Kier molecular flexibility index (Phi) is 4.15. The van der Waals surface area contributed by atoms with Crippen LogP contribution in [0.3, 0.4) is 0 Å². The van der Waals surface area contributed by atoms with Crippen LogP contribution >= 0.6 is 0 Å². The van der Waals surface area contributed by atoms with Crippen LogP contribution in [0.5, 0.6) is 0 Å². The molecule has 92 valence electrons. The second-order valence-electron chi connectivity index (χ2n) is 4.51. The summed E-state index contributed by atoms with van der Waals surface area (Å²) in [5, 5.41) is 0. The van der Waals surface area contributed by atoms with Gasteiger partial charge in [0.25, 0.3) is 0 Å². The van der Waals surface area contributed by atoms with Gasteiger partial charge in [0.05, 0.1) is 0 Å². The van der Waals surface area contributed by atoms with E-state index in [9.17, 15) is 4.79 Å². The highest BCUT2D eigenvalue weighted by atomic mass is 16.5. The minimum absolute atomic E-state index is 0.117. The number of hydrogen-bond acceptors (Lipinski definition) is 2. The van der Waals surface area contributed by atoms with Crippen LogP contribution in [0.2, 0.25) is 0 Å².